The fourth-order valence-electron chi connectivity index (χ4n) is 1.04. The van der Waals surface area contributed by atoms with E-state index < -0.39 is 9.84 Å². The molecule has 0 fully saturated rings. The predicted molar refractivity (Wildman–Crippen MR) is 50.6 cm³/mol. The Balaban J connectivity index is 2.55. The first-order chi connectivity index (χ1) is 7.21. The van der Waals surface area contributed by atoms with Gasteiger partial charge in [-0.2, -0.15) is 4.98 Å². The lowest BCUT2D eigenvalue weighted by atomic mass is 10.4. The molecule has 1 heterocycles. The second-order valence-electron chi connectivity index (χ2n) is 2.68. The first-order valence-electron chi connectivity index (χ1n) is 4.06. The van der Waals surface area contributed by atoms with Gasteiger partial charge in [0.2, 0.25) is 16.2 Å². The summed E-state index contributed by atoms with van der Waals surface area (Å²) in [6, 6.07) is 7.98. The van der Waals surface area contributed by atoms with Crippen LogP contribution in [-0.2, 0) is 9.84 Å². The van der Waals surface area contributed by atoms with Crippen LogP contribution in [0.25, 0.3) is 0 Å². The maximum atomic E-state index is 11.9. The average Bonchev–Trinajstić information content (AvgIpc) is 2.31. The third-order valence-corrected chi connectivity index (χ3v) is 3.29. The maximum Gasteiger partial charge on any atom is 0.255 e. The highest BCUT2D eigenvalue weighted by molar-refractivity contribution is 7.91. The lowest BCUT2D eigenvalue weighted by Crippen LogP contribution is -2.06. The molecule has 0 aliphatic carbocycles. The summed E-state index contributed by atoms with van der Waals surface area (Å²) in [6.07, 6.45) is 3.30. The molecule has 0 saturated heterocycles. The molecule has 0 N–H and O–H groups in total. The van der Waals surface area contributed by atoms with E-state index in [1.165, 1.54) is 12.1 Å². The topological polar surface area (TPSA) is 72.8 Å². The van der Waals surface area contributed by atoms with Crippen molar-refractivity contribution in [2.75, 3.05) is 0 Å². The third-order valence-electron chi connectivity index (χ3n) is 1.72. The second-order valence-corrected chi connectivity index (χ2v) is 4.53. The molecular weight excluding hydrogens is 214 g/mol. The van der Waals surface area contributed by atoms with Crippen LogP contribution >= 0.6 is 0 Å². The molecule has 0 atom stereocenters. The minimum atomic E-state index is -3.63. The summed E-state index contributed by atoms with van der Waals surface area (Å²) in [4.78, 5) is 10.7. The van der Waals surface area contributed by atoms with Crippen molar-refractivity contribution >= 4 is 9.84 Å². The van der Waals surface area contributed by atoms with Crippen molar-refractivity contribution in [2.24, 2.45) is 0 Å². The molecule has 1 radical (unpaired) electrons. The summed E-state index contributed by atoms with van der Waals surface area (Å²) in [5, 5.41) is -0.288. The molecule has 75 valence electrons. The van der Waals surface area contributed by atoms with Gasteiger partial charge in [-0.25, -0.2) is 18.4 Å². The minimum absolute atomic E-state index is 0.157. The molecule has 0 bridgehead atoms. The molecule has 1 aromatic heterocycles. The lowest BCUT2D eigenvalue weighted by molar-refractivity contribution is 0.585. The summed E-state index contributed by atoms with van der Waals surface area (Å²) in [5.41, 5.74) is 0. The Hall–Kier alpha value is -1.82. The van der Waals surface area contributed by atoms with E-state index >= 15 is 0 Å². The molecule has 0 spiro atoms. The van der Waals surface area contributed by atoms with Gasteiger partial charge in [-0.1, -0.05) is 18.2 Å². The van der Waals surface area contributed by atoms with Gasteiger partial charge in [-0.15, -0.1) is 0 Å². The van der Waals surface area contributed by atoms with Gasteiger partial charge in [-0.05, 0) is 12.1 Å². The number of nitrogens with zero attached hydrogens (tertiary/aromatic N) is 3. The molecule has 1 aromatic carbocycles. The molecule has 2 rings (SSSR count). The normalized spacial score (nSPS) is 11.2. The molecule has 15 heavy (non-hydrogen) atoms. The Kier molecular flexibility index (Phi) is 2.42. The van der Waals surface area contributed by atoms with E-state index in [9.17, 15) is 8.42 Å². The summed E-state index contributed by atoms with van der Waals surface area (Å²) in [7, 11) is -3.63. The molecule has 0 amide bonds. The smallest absolute Gasteiger partial charge is 0.215 e. The van der Waals surface area contributed by atoms with Crippen LogP contribution in [-0.4, -0.2) is 23.4 Å². The minimum Gasteiger partial charge on any atom is -0.215 e. The lowest BCUT2D eigenvalue weighted by Gasteiger charge is -2.00. The van der Waals surface area contributed by atoms with E-state index in [-0.39, 0.29) is 10.1 Å². The first kappa shape index (κ1) is 9.72. The Labute approximate surface area is 86.8 Å². The zero-order valence-electron chi connectivity index (χ0n) is 7.53. The van der Waals surface area contributed by atoms with Gasteiger partial charge >= 0.3 is 0 Å². The SMILES string of the molecule is O=S(=O)(c1ccccc1)c1n[c]ncn1. The van der Waals surface area contributed by atoms with Crippen LogP contribution in [0.15, 0.2) is 46.7 Å². The van der Waals surface area contributed by atoms with Gasteiger partial charge in [-0.3, -0.25) is 0 Å². The van der Waals surface area contributed by atoms with Crippen LogP contribution in [0.2, 0.25) is 0 Å². The van der Waals surface area contributed by atoms with Crippen molar-refractivity contribution in [1.29, 1.82) is 0 Å². The van der Waals surface area contributed by atoms with E-state index in [1.54, 1.807) is 18.2 Å². The van der Waals surface area contributed by atoms with Crippen LogP contribution in [0.3, 0.4) is 0 Å². The Morgan fingerprint density at radius 3 is 2.47 bits per heavy atom. The number of hydrogen-bond acceptors (Lipinski definition) is 5. The first-order valence-corrected chi connectivity index (χ1v) is 5.55. The molecule has 6 heteroatoms. The van der Waals surface area contributed by atoms with Crippen LogP contribution in [0.4, 0.5) is 0 Å². The van der Waals surface area contributed by atoms with Gasteiger partial charge in [0, 0.05) is 0 Å². The molecule has 0 aliphatic heterocycles. The molecule has 0 unspecified atom stereocenters. The van der Waals surface area contributed by atoms with Crippen molar-refractivity contribution < 1.29 is 8.42 Å². The van der Waals surface area contributed by atoms with E-state index in [1.807, 2.05) is 0 Å². The maximum absolute atomic E-state index is 11.9. The van der Waals surface area contributed by atoms with Crippen molar-refractivity contribution in [1.82, 2.24) is 15.0 Å². The largest absolute Gasteiger partial charge is 0.255 e. The molecule has 5 nitrogen and oxygen atoms in total. The Morgan fingerprint density at radius 2 is 1.87 bits per heavy atom. The van der Waals surface area contributed by atoms with E-state index in [0.717, 1.165) is 6.33 Å². The molecule has 0 saturated carbocycles. The van der Waals surface area contributed by atoms with Crippen LogP contribution in [0, 0.1) is 6.33 Å². The van der Waals surface area contributed by atoms with Crippen LogP contribution in [0.5, 0.6) is 0 Å². The monoisotopic (exact) mass is 220 g/mol. The summed E-state index contributed by atoms with van der Waals surface area (Å²) < 4.78 is 23.7. The highest BCUT2D eigenvalue weighted by atomic mass is 32.2. The molecule has 0 aliphatic rings. The molecule has 2 aromatic rings. The number of sulfone groups is 1. The fraction of sp³-hybridized carbons (Fsp3) is 0. The Bertz CT molecular complexity index is 495. The Morgan fingerprint density at radius 1 is 1.13 bits per heavy atom. The fourth-order valence-corrected chi connectivity index (χ4v) is 2.11. The van der Waals surface area contributed by atoms with Crippen LogP contribution in [0.1, 0.15) is 0 Å². The van der Waals surface area contributed by atoms with Gasteiger partial charge in [0.25, 0.3) is 5.16 Å². The number of benzene rings is 1. The summed E-state index contributed by atoms with van der Waals surface area (Å²) in [5.74, 6) is 0. The number of hydrogen-bond donors (Lipinski definition) is 0. The van der Waals surface area contributed by atoms with Gasteiger partial charge in [0.1, 0.15) is 6.33 Å². The van der Waals surface area contributed by atoms with Crippen LogP contribution < -0.4 is 0 Å². The highest BCUT2D eigenvalue weighted by Crippen LogP contribution is 2.15. The zero-order chi connectivity index (χ0) is 10.7. The average molecular weight is 220 g/mol. The third kappa shape index (κ3) is 1.84. The predicted octanol–water partition coefficient (Wildman–Crippen LogP) is 0.505. The van der Waals surface area contributed by atoms with E-state index in [2.05, 4.69) is 21.3 Å². The molecular formula is C9H6N3O2S. The second kappa shape index (κ2) is 3.74. The standard InChI is InChI=1S/C9H6N3O2S/c13-15(14,8-4-2-1-3-5-8)9-11-6-10-7-12-9/h1-6H. The number of rotatable bonds is 2. The van der Waals surface area contributed by atoms with E-state index in [0.29, 0.717) is 0 Å². The van der Waals surface area contributed by atoms with Crippen molar-refractivity contribution in [3.8, 4) is 0 Å². The van der Waals surface area contributed by atoms with Gasteiger partial charge in [0.15, 0.2) is 0 Å². The number of aromatic nitrogens is 3. The van der Waals surface area contributed by atoms with Crippen molar-refractivity contribution in [2.45, 2.75) is 10.1 Å². The summed E-state index contributed by atoms with van der Waals surface area (Å²) in [6.45, 7) is 0. The quantitative estimate of drug-likeness (QED) is 0.737. The van der Waals surface area contributed by atoms with Crippen molar-refractivity contribution in [3.05, 3.63) is 43.0 Å². The van der Waals surface area contributed by atoms with Crippen molar-refractivity contribution in [3.63, 3.8) is 0 Å². The zero-order valence-corrected chi connectivity index (χ0v) is 8.35. The van der Waals surface area contributed by atoms with Gasteiger partial charge < -0.3 is 0 Å². The van der Waals surface area contributed by atoms with E-state index in [4.69, 9.17) is 0 Å². The summed E-state index contributed by atoms with van der Waals surface area (Å²) >= 11 is 0. The van der Waals surface area contributed by atoms with Gasteiger partial charge in [0.05, 0.1) is 4.90 Å². The highest BCUT2D eigenvalue weighted by Gasteiger charge is 2.19.